The summed E-state index contributed by atoms with van der Waals surface area (Å²) in [7, 11) is 0. The molecule has 0 radical (unpaired) electrons. The average Bonchev–Trinajstić information content (AvgIpc) is 2.78. The Labute approximate surface area is 94.4 Å². The largest absolute Gasteiger partial charge is 0.383 e. The molecule has 2 N–H and O–H groups in total. The van der Waals surface area contributed by atoms with E-state index in [0.717, 1.165) is 0 Å². The first-order valence-electron chi connectivity index (χ1n) is 4.85. The van der Waals surface area contributed by atoms with E-state index in [-0.39, 0.29) is 12.2 Å². The summed E-state index contributed by atoms with van der Waals surface area (Å²) in [5.74, 6) is -6.46. The van der Waals surface area contributed by atoms with Gasteiger partial charge in [-0.3, -0.25) is 4.79 Å². The fraction of sp³-hybridized carbons (Fsp3) is 0.556. The van der Waals surface area contributed by atoms with Gasteiger partial charge in [-0.05, 0) is 6.42 Å². The van der Waals surface area contributed by atoms with E-state index < -0.39 is 24.3 Å². The number of nitrogens with one attached hydrogen (secondary N) is 2. The van der Waals surface area contributed by atoms with Crippen molar-refractivity contribution in [2.45, 2.75) is 31.7 Å². The maximum atomic E-state index is 12.7. The van der Waals surface area contributed by atoms with E-state index in [1.807, 2.05) is 5.32 Å². The molecule has 1 unspecified atom stereocenters. The molecule has 1 amide bonds. The molecule has 1 aromatic rings. The number of aromatic amines is 1. The number of nitrogens with zero attached hydrogens (tertiary/aromatic N) is 1. The number of alkyl halides is 4. The highest BCUT2D eigenvalue weighted by Gasteiger charge is 2.49. The molecule has 0 aromatic carbocycles. The minimum absolute atomic E-state index is 0.242. The lowest BCUT2D eigenvalue weighted by atomic mass is 10.2. The van der Waals surface area contributed by atoms with Crippen molar-refractivity contribution in [1.29, 1.82) is 0 Å². The number of aromatic nitrogens is 2. The van der Waals surface area contributed by atoms with Gasteiger partial charge in [0.15, 0.2) is 0 Å². The first kappa shape index (κ1) is 13.5. The number of carbonyl (C=O) groups is 1. The van der Waals surface area contributed by atoms with Crippen LogP contribution < -0.4 is 5.32 Å². The standard InChI is InChI=1S/C9H11F4N3O/c1-2-5(6-14-3-4-15-6)16-8(17)9(12,13)7(10)11/h3-5,7H,2H2,1H3,(H,14,15)(H,16,17). The summed E-state index contributed by atoms with van der Waals surface area (Å²) >= 11 is 0. The van der Waals surface area contributed by atoms with Gasteiger partial charge in [0.2, 0.25) is 0 Å². The van der Waals surface area contributed by atoms with Gasteiger partial charge in [-0.25, -0.2) is 13.8 Å². The third-order valence-corrected chi connectivity index (χ3v) is 2.14. The molecule has 96 valence electrons. The molecular weight excluding hydrogens is 242 g/mol. The van der Waals surface area contributed by atoms with Gasteiger partial charge in [0.05, 0.1) is 6.04 Å². The summed E-state index contributed by atoms with van der Waals surface area (Å²) in [4.78, 5) is 17.4. The molecule has 0 aliphatic carbocycles. The summed E-state index contributed by atoms with van der Waals surface area (Å²) in [6, 6.07) is -0.845. The Morgan fingerprint density at radius 3 is 2.65 bits per heavy atom. The van der Waals surface area contributed by atoms with Crippen LogP contribution in [0.1, 0.15) is 25.2 Å². The third-order valence-electron chi connectivity index (χ3n) is 2.14. The van der Waals surface area contributed by atoms with Gasteiger partial charge in [0, 0.05) is 12.4 Å². The fourth-order valence-electron chi connectivity index (χ4n) is 1.19. The van der Waals surface area contributed by atoms with Gasteiger partial charge in [-0.2, -0.15) is 8.78 Å². The van der Waals surface area contributed by atoms with E-state index >= 15 is 0 Å². The lowest BCUT2D eigenvalue weighted by Crippen LogP contribution is -2.46. The molecule has 17 heavy (non-hydrogen) atoms. The van der Waals surface area contributed by atoms with Crippen molar-refractivity contribution in [1.82, 2.24) is 15.3 Å². The third kappa shape index (κ3) is 2.95. The average molecular weight is 253 g/mol. The van der Waals surface area contributed by atoms with Crippen LogP contribution >= 0.6 is 0 Å². The minimum Gasteiger partial charge on any atom is -0.347 e. The molecule has 1 aromatic heterocycles. The van der Waals surface area contributed by atoms with Crippen LogP contribution in [-0.2, 0) is 4.79 Å². The van der Waals surface area contributed by atoms with Crippen LogP contribution in [-0.4, -0.2) is 28.2 Å². The Kier molecular flexibility index (Phi) is 4.08. The SMILES string of the molecule is CCC(NC(=O)C(F)(F)C(F)F)c1ncc[nH]1. The molecule has 1 heterocycles. The Hall–Kier alpha value is -1.60. The molecule has 0 aliphatic heterocycles. The number of rotatable bonds is 5. The predicted molar refractivity (Wildman–Crippen MR) is 50.7 cm³/mol. The van der Waals surface area contributed by atoms with Crippen molar-refractivity contribution in [2.75, 3.05) is 0 Å². The van der Waals surface area contributed by atoms with E-state index in [2.05, 4.69) is 9.97 Å². The molecule has 0 aliphatic rings. The van der Waals surface area contributed by atoms with Gasteiger partial charge >= 0.3 is 12.3 Å². The van der Waals surface area contributed by atoms with Crippen LogP contribution in [0.4, 0.5) is 17.6 Å². The van der Waals surface area contributed by atoms with E-state index in [0.29, 0.717) is 0 Å². The van der Waals surface area contributed by atoms with Gasteiger partial charge < -0.3 is 10.3 Å². The Bertz CT molecular complexity index is 366. The van der Waals surface area contributed by atoms with Crippen molar-refractivity contribution in [3.8, 4) is 0 Å². The predicted octanol–water partition coefficient (Wildman–Crippen LogP) is 1.88. The molecule has 0 saturated heterocycles. The second-order valence-electron chi connectivity index (χ2n) is 3.33. The van der Waals surface area contributed by atoms with Crippen molar-refractivity contribution < 1.29 is 22.4 Å². The van der Waals surface area contributed by atoms with Crippen LogP contribution in [0, 0.1) is 0 Å². The van der Waals surface area contributed by atoms with Crippen molar-refractivity contribution in [3.63, 3.8) is 0 Å². The number of hydrogen-bond acceptors (Lipinski definition) is 2. The lowest BCUT2D eigenvalue weighted by molar-refractivity contribution is -0.170. The number of hydrogen-bond donors (Lipinski definition) is 2. The molecule has 0 saturated carbocycles. The van der Waals surface area contributed by atoms with Gasteiger partial charge in [0.1, 0.15) is 5.82 Å². The highest BCUT2D eigenvalue weighted by molar-refractivity contribution is 5.84. The number of carbonyl (C=O) groups excluding carboxylic acids is 1. The zero-order chi connectivity index (χ0) is 13.1. The van der Waals surface area contributed by atoms with E-state index in [1.54, 1.807) is 6.92 Å². The minimum atomic E-state index is -4.69. The molecular formula is C9H11F4N3O. The van der Waals surface area contributed by atoms with Crippen LogP contribution in [0.5, 0.6) is 0 Å². The summed E-state index contributed by atoms with van der Waals surface area (Å²) in [6.45, 7) is 1.61. The molecule has 1 rings (SSSR count). The number of imidazole rings is 1. The highest BCUT2D eigenvalue weighted by atomic mass is 19.3. The lowest BCUT2D eigenvalue weighted by Gasteiger charge is -2.19. The van der Waals surface area contributed by atoms with Crippen molar-refractivity contribution in [2.24, 2.45) is 0 Å². The van der Waals surface area contributed by atoms with Crippen molar-refractivity contribution >= 4 is 5.91 Å². The maximum Gasteiger partial charge on any atom is 0.383 e. The summed E-state index contributed by atoms with van der Waals surface area (Å²) < 4.78 is 49.2. The normalized spacial score (nSPS) is 13.8. The molecule has 0 bridgehead atoms. The Balaban J connectivity index is 2.73. The first-order chi connectivity index (χ1) is 7.89. The number of amides is 1. The first-order valence-corrected chi connectivity index (χ1v) is 4.85. The topological polar surface area (TPSA) is 57.8 Å². The molecule has 0 spiro atoms. The van der Waals surface area contributed by atoms with Crippen LogP contribution in [0.2, 0.25) is 0 Å². The molecule has 8 heteroatoms. The smallest absolute Gasteiger partial charge is 0.347 e. The highest BCUT2D eigenvalue weighted by Crippen LogP contribution is 2.24. The van der Waals surface area contributed by atoms with E-state index in [4.69, 9.17) is 0 Å². The number of H-pyrrole nitrogens is 1. The fourth-order valence-corrected chi connectivity index (χ4v) is 1.19. The van der Waals surface area contributed by atoms with Crippen molar-refractivity contribution in [3.05, 3.63) is 18.2 Å². The summed E-state index contributed by atoms with van der Waals surface area (Å²) in [5, 5.41) is 1.83. The van der Waals surface area contributed by atoms with Crippen LogP contribution in [0.15, 0.2) is 12.4 Å². The summed E-state index contributed by atoms with van der Waals surface area (Å²) in [6.07, 6.45) is -0.972. The molecule has 0 fully saturated rings. The van der Waals surface area contributed by atoms with Crippen LogP contribution in [0.3, 0.4) is 0 Å². The summed E-state index contributed by atoms with van der Waals surface area (Å²) in [5.41, 5.74) is 0. The Morgan fingerprint density at radius 1 is 1.59 bits per heavy atom. The van der Waals surface area contributed by atoms with Crippen LogP contribution in [0.25, 0.3) is 0 Å². The second-order valence-corrected chi connectivity index (χ2v) is 3.33. The van der Waals surface area contributed by atoms with Gasteiger partial charge in [-0.1, -0.05) is 6.92 Å². The second kappa shape index (κ2) is 5.15. The Morgan fingerprint density at radius 2 is 2.24 bits per heavy atom. The van der Waals surface area contributed by atoms with Gasteiger partial charge in [0.25, 0.3) is 5.91 Å². The van der Waals surface area contributed by atoms with Gasteiger partial charge in [-0.15, -0.1) is 0 Å². The quantitative estimate of drug-likeness (QED) is 0.787. The number of halogens is 4. The van der Waals surface area contributed by atoms with E-state index in [9.17, 15) is 22.4 Å². The zero-order valence-corrected chi connectivity index (χ0v) is 8.88. The maximum absolute atomic E-state index is 12.7. The monoisotopic (exact) mass is 253 g/mol. The molecule has 1 atom stereocenters. The zero-order valence-electron chi connectivity index (χ0n) is 8.88. The molecule has 4 nitrogen and oxygen atoms in total. The van der Waals surface area contributed by atoms with E-state index in [1.165, 1.54) is 12.4 Å².